The first-order valence-corrected chi connectivity index (χ1v) is 4.71. The van der Waals surface area contributed by atoms with Crippen molar-refractivity contribution in [3.8, 4) is 5.75 Å². The molecule has 0 spiro atoms. The summed E-state index contributed by atoms with van der Waals surface area (Å²) in [7, 11) is 1.39. The van der Waals surface area contributed by atoms with E-state index in [-0.39, 0.29) is 22.0 Å². The second-order valence-corrected chi connectivity index (χ2v) is 3.67. The lowest BCUT2D eigenvalue weighted by Crippen LogP contribution is -2.05. The molecule has 0 bridgehead atoms. The Morgan fingerprint density at radius 3 is 2.71 bits per heavy atom. The van der Waals surface area contributed by atoms with Crippen molar-refractivity contribution in [1.82, 2.24) is 0 Å². The SMILES string of the molecule is COc1c(N)c(C(=O)O)cc(Cl)c1Br. The van der Waals surface area contributed by atoms with E-state index in [1.54, 1.807) is 0 Å². The van der Waals surface area contributed by atoms with E-state index in [0.29, 0.717) is 4.47 Å². The van der Waals surface area contributed by atoms with Gasteiger partial charge in [-0.15, -0.1) is 0 Å². The van der Waals surface area contributed by atoms with Crippen molar-refractivity contribution in [2.75, 3.05) is 12.8 Å². The van der Waals surface area contributed by atoms with E-state index >= 15 is 0 Å². The lowest BCUT2D eigenvalue weighted by atomic mass is 10.1. The quantitative estimate of drug-likeness (QED) is 0.816. The number of ether oxygens (including phenoxy) is 1. The summed E-state index contributed by atoms with van der Waals surface area (Å²) >= 11 is 8.91. The smallest absolute Gasteiger partial charge is 0.337 e. The van der Waals surface area contributed by atoms with Gasteiger partial charge in [-0.2, -0.15) is 0 Å². The molecule has 0 amide bonds. The van der Waals surface area contributed by atoms with Gasteiger partial charge in [-0.1, -0.05) is 11.6 Å². The van der Waals surface area contributed by atoms with E-state index in [2.05, 4.69) is 15.9 Å². The number of carbonyl (C=O) groups is 1. The number of rotatable bonds is 2. The number of nitrogen functional groups attached to an aromatic ring is 1. The molecule has 1 aromatic rings. The molecule has 14 heavy (non-hydrogen) atoms. The molecule has 6 heteroatoms. The van der Waals surface area contributed by atoms with Crippen LogP contribution in [0.3, 0.4) is 0 Å². The summed E-state index contributed by atoms with van der Waals surface area (Å²) in [5, 5.41) is 9.04. The van der Waals surface area contributed by atoms with Gasteiger partial charge in [0.1, 0.15) is 0 Å². The maximum atomic E-state index is 10.7. The zero-order valence-corrected chi connectivity index (χ0v) is 9.52. The number of benzene rings is 1. The van der Waals surface area contributed by atoms with Gasteiger partial charge >= 0.3 is 5.97 Å². The number of aromatic carboxylic acids is 1. The van der Waals surface area contributed by atoms with Crippen molar-refractivity contribution in [2.45, 2.75) is 0 Å². The number of carboxylic acids is 1. The van der Waals surface area contributed by atoms with Crippen LogP contribution in [0.25, 0.3) is 0 Å². The van der Waals surface area contributed by atoms with Crippen molar-refractivity contribution in [1.29, 1.82) is 0 Å². The normalized spacial score (nSPS) is 9.93. The van der Waals surface area contributed by atoms with Crippen LogP contribution in [0, 0.1) is 0 Å². The number of carboxylic acid groups (broad SMARTS) is 1. The topological polar surface area (TPSA) is 72.5 Å². The zero-order valence-electron chi connectivity index (χ0n) is 7.17. The molecular weight excluding hydrogens is 273 g/mol. The fourth-order valence-corrected chi connectivity index (χ4v) is 1.68. The fraction of sp³-hybridized carbons (Fsp3) is 0.125. The largest absolute Gasteiger partial charge is 0.493 e. The summed E-state index contributed by atoms with van der Waals surface area (Å²) in [6.45, 7) is 0. The number of hydrogen-bond donors (Lipinski definition) is 2. The molecule has 0 fully saturated rings. The van der Waals surface area contributed by atoms with Gasteiger partial charge < -0.3 is 15.6 Å². The van der Waals surface area contributed by atoms with Gasteiger partial charge in [-0.25, -0.2) is 4.79 Å². The third-order valence-corrected chi connectivity index (χ3v) is 2.96. The minimum Gasteiger partial charge on any atom is -0.493 e. The van der Waals surface area contributed by atoms with E-state index in [1.807, 2.05) is 0 Å². The van der Waals surface area contributed by atoms with Gasteiger partial charge in [0.05, 0.1) is 27.9 Å². The number of methoxy groups -OCH3 is 1. The van der Waals surface area contributed by atoms with Crippen LogP contribution < -0.4 is 10.5 Å². The average molecular weight is 281 g/mol. The molecule has 0 heterocycles. The Kier molecular flexibility index (Phi) is 3.23. The Labute approximate surface area is 93.7 Å². The van der Waals surface area contributed by atoms with Crippen molar-refractivity contribution >= 4 is 39.2 Å². The number of anilines is 1. The molecule has 1 rings (SSSR count). The first-order chi connectivity index (χ1) is 6.49. The maximum absolute atomic E-state index is 10.7. The lowest BCUT2D eigenvalue weighted by molar-refractivity contribution is 0.0697. The van der Waals surface area contributed by atoms with Gasteiger partial charge in [0.25, 0.3) is 0 Å². The summed E-state index contributed by atoms with van der Waals surface area (Å²) in [6, 6.07) is 1.27. The maximum Gasteiger partial charge on any atom is 0.337 e. The monoisotopic (exact) mass is 279 g/mol. The van der Waals surface area contributed by atoms with Crippen LogP contribution in [-0.2, 0) is 0 Å². The van der Waals surface area contributed by atoms with E-state index < -0.39 is 5.97 Å². The molecule has 0 saturated carbocycles. The molecule has 0 unspecified atom stereocenters. The summed E-state index contributed by atoms with van der Waals surface area (Å²) in [5.74, 6) is -0.912. The van der Waals surface area contributed by atoms with Crippen molar-refractivity contribution in [3.05, 3.63) is 21.1 Å². The van der Waals surface area contributed by atoms with Crippen molar-refractivity contribution in [3.63, 3.8) is 0 Å². The molecule has 0 aliphatic carbocycles. The van der Waals surface area contributed by atoms with E-state index in [0.717, 1.165) is 0 Å². The number of hydrogen-bond acceptors (Lipinski definition) is 3. The molecule has 3 N–H and O–H groups in total. The van der Waals surface area contributed by atoms with Crippen LogP contribution in [0.2, 0.25) is 5.02 Å². The number of halogens is 2. The fourth-order valence-electron chi connectivity index (χ4n) is 0.993. The Bertz CT molecular complexity index is 395. The van der Waals surface area contributed by atoms with Gasteiger partial charge in [0, 0.05) is 0 Å². The van der Waals surface area contributed by atoms with Gasteiger partial charge in [0.15, 0.2) is 5.75 Å². The molecule has 0 atom stereocenters. The molecule has 4 nitrogen and oxygen atoms in total. The molecule has 1 aromatic carbocycles. The lowest BCUT2D eigenvalue weighted by Gasteiger charge is -2.10. The highest BCUT2D eigenvalue weighted by Gasteiger charge is 2.18. The standard InChI is InChI=1S/C8H7BrClNO3/c1-14-7-5(9)4(10)2-3(6(7)11)8(12)13/h2H,11H2,1H3,(H,12,13). The van der Waals surface area contributed by atoms with Gasteiger partial charge in [0.2, 0.25) is 0 Å². The van der Waals surface area contributed by atoms with Crippen LogP contribution in [0.15, 0.2) is 10.5 Å². The molecule has 0 saturated heterocycles. The predicted octanol–water partition coefficient (Wildman–Crippen LogP) is 2.39. The van der Waals surface area contributed by atoms with E-state index in [4.69, 9.17) is 27.2 Å². The molecule has 0 aromatic heterocycles. The van der Waals surface area contributed by atoms with Crippen LogP contribution in [0.5, 0.6) is 5.75 Å². The summed E-state index contributed by atoms with van der Waals surface area (Å²) in [6.07, 6.45) is 0. The van der Waals surface area contributed by atoms with Crippen molar-refractivity contribution < 1.29 is 14.6 Å². The Morgan fingerprint density at radius 2 is 2.29 bits per heavy atom. The zero-order chi connectivity index (χ0) is 10.9. The Morgan fingerprint density at radius 1 is 1.71 bits per heavy atom. The molecule has 0 aliphatic heterocycles. The first-order valence-electron chi connectivity index (χ1n) is 3.53. The van der Waals surface area contributed by atoms with Gasteiger partial charge in [-0.3, -0.25) is 0 Å². The summed E-state index contributed by atoms with van der Waals surface area (Å²) in [4.78, 5) is 10.7. The van der Waals surface area contributed by atoms with E-state index in [1.165, 1.54) is 13.2 Å². The second kappa shape index (κ2) is 4.06. The van der Waals surface area contributed by atoms with Crippen molar-refractivity contribution in [2.24, 2.45) is 0 Å². The number of nitrogens with two attached hydrogens (primary N) is 1. The highest BCUT2D eigenvalue weighted by Crippen LogP contribution is 2.39. The first kappa shape index (κ1) is 11.1. The van der Waals surface area contributed by atoms with Crippen LogP contribution in [0.1, 0.15) is 10.4 Å². The predicted molar refractivity (Wildman–Crippen MR) is 57.1 cm³/mol. The summed E-state index contributed by atoms with van der Waals surface area (Å²) in [5.41, 5.74) is 5.55. The Hall–Kier alpha value is -0.940. The van der Waals surface area contributed by atoms with Gasteiger partial charge in [-0.05, 0) is 22.0 Å². The minimum absolute atomic E-state index is 0.0521. The molecule has 76 valence electrons. The van der Waals surface area contributed by atoms with E-state index in [9.17, 15) is 4.79 Å². The average Bonchev–Trinajstić information content (AvgIpc) is 2.12. The highest BCUT2D eigenvalue weighted by molar-refractivity contribution is 9.10. The third-order valence-electron chi connectivity index (χ3n) is 1.65. The highest BCUT2D eigenvalue weighted by atomic mass is 79.9. The summed E-state index contributed by atoms with van der Waals surface area (Å²) < 4.78 is 5.38. The van der Waals surface area contributed by atoms with Crippen LogP contribution >= 0.6 is 27.5 Å². The third kappa shape index (κ3) is 1.78. The molecule has 0 aliphatic rings. The second-order valence-electron chi connectivity index (χ2n) is 2.47. The molecule has 0 radical (unpaired) electrons. The minimum atomic E-state index is -1.14. The van der Waals surface area contributed by atoms with Crippen LogP contribution in [-0.4, -0.2) is 18.2 Å². The Balaban J connectivity index is 3.50. The van der Waals surface area contributed by atoms with Crippen LogP contribution in [0.4, 0.5) is 5.69 Å². The molecular formula is C8H7BrClNO3.